The maximum atomic E-state index is 11.9. The Balaban J connectivity index is 1.96. The molecule has 0 saturated carbocycles. The van der Waals surface area contributed by atoms with E-state index < -0.39 is 18.5 Å². The Bertz CT molecular complexity index is 723. The summed E-state index contributed by atoms with van der Waals surface area (Å²) < 4.78 is 11.1. The number of rotatable bonds is 19. The van der Waals surface area contributed by atoms with Crippen LogP contribution in [-0.2, 0) is 14.3 Å². The summed E-state index contributed by atoms with van der Waals surface area (Å²) >= 11 is 0. The molecule has 6 heteroatoms. The number of nitrogens with one attached hydrogen (secondary N) is 1. The first kappa shape index (κ1) is 31.8. The highest BCUT2D eigenvalue weighted by molar-refractivity contribution is 5.75. The fourth-order valence-electron chi connectivity index (χ4n) is 3.50. The molecule has 1 saturated heterocycles. The number of hydrogen-bond acceptors (Lipinski definition) is 5. The summed E-state index contributed by atoms with van der Waals surface area (Å²) in [6, 6.07) is 0. The maximum Gasteiger partial charge on any atom is 0.220 e. The molecule has 3 N–H and O–H groups in total. The molecule has 1 rings (SSSR count). The summed E-state index contributed by atoms with van der Waals surface area (Å²) in [7, 11) is 0. The van der Waals surface area contributed by atoms with E-state index in [0.29, 0.717) is 38.8 Å². The molecule has 6 nitrogen and oxygen atoms in total. The fourth-order valence-corrected chi connectivity index (χ4v) is 3.50. The monoisotopic (exact) mass is 501 g/mol. The highest BCUT2D eigenvalue weighted by Gasteiger charge is 2.28. The van der Waals surface area contributed by atoms with Gasteiger partial charge in [-0.2, -0.15) is 0 Å². The van der Waals surface area contributed by atoms with Crippen molar-refractivity contribution in [3.05, 3.63) is 72.9 Å². The van der Waals surface area contributed by atoms with E-state index in [-0.39, 0.29) is 12.5 Å². The average molecular weight is 502 g/mol. The molecule has 202 valence electrons. The molecule has 0 aromatic rings. The maximum absolute atomic E-state index is 11.9. The van der Waals surface area contributed by atoms with Crippen molar-refractivity contribution in [1.82, 2.24) is 5.32 Å². The van der Waals surface area contributed by atoms with Crippen molar-refractivity contribution >= 4 is 5.91 Å². The minimum Gasteiger partial charge on any atom is -0.394 e. The predicted octanol–water partition coefficient (Wildman–Crippen LogP) is 5.46. The van der Waals surface area contributed by atoms with E-state index >= 15 is 0 Å². The average Bonchev–Trinajstić information content (AvgIpc) is 2.87. The molecular formula is C30H47NO5. The highest BCUT2D eigenvalue weighted by Crippen LogP contribution is 2.20. The summed E-state index contributed by atoms with van der Waals surface area (Å²) in [6.07, 6.45) is 32.3. The smallest absolute Gasteiger partial charge is 0.220 e. The van der Waals surface area contributed by atoms with E-state index in [2.05, 4.69) is 79.1 Å². The number of aliphatic hydroxyl groups excluding tert-OH is 2. The first-order valence-electron chi connectivity index (χ1n) is 13.4. The predicted molar refractivity (Wildman–Crippen MR) is 147 cm³/mol. The Morgan fingerprint density at radius 3 is 1.92 bits per heavy atom. The first-order chi connectivity index (χ1) is 17.7. The van der Waals surface area contributed by atoms with Crippen molar-refractivity contribution in [2.75, 3.05) is 19.8 Å². The second-order valence-electron chi connectivity index (χ2n) is 8.67. The zero-order valence-corrected chi connectivity index (χ0v) is 22.0. The van der Waals surface area contributed by atoms with Gasteiger partial charge in [-0.1, -0.05) is 79.8 Å². The van der Waals surface area contributed by atoms with Crippen LogP contribution in [0.25, 0.3) is 0 Å². The summed E-state index contributed by atoms with van der Waals surface area (Å²) in [5.41, 5.74) is 0. The van der Waals surface area contributed by atoms with Crippen LogP contribution < -0.4 is 5.32 Å². The van der Waals surface area contributed by atoms with Gasteiger partial charge in [0, 0.05) is 25.8 Å². The molecule has 1 fully saturated rings. The quantitative estimate of drug-likeness (QED) is 0.162. The van der Waals surface area contributed by atoms with Gasteiger partial charge in [0.1, 0.15) is 0 Å². The molecule has 1 heterocycles. The van der Waals surface area contributed by atoms with Gasteiger partial charge in [-0.15, -0.1) is 0 Å². The van der Waals surface area contributed by atoms with Crippen molar-refractivity contribution in [2.24, 2.45) is 0 Å². The van der Waals surface area contributed by atoms with Gasteiger partial charge in [-0.05, 0) is 44.9 Å². The standard InChI is InChI=1S/C30H47NO5/c1-2-3-4-5-6-7-8-9-10-11-12-13-14-15-16-17-18-19-20-21-29(34)31-22-23-35-30-25-27(33)24-28(26-32)36-30/h3-4,6-7,9-10,12-13,15-16,18-19,27-28,30,32-33H,2,5,8,11,14,17,20-26H2,1H3,(H,31,34)/b4-3-,7-6-,10-9-,13-12-,16-15-,19-18-/t27-,28-,30+/m0/s1. The van der Waals surface area contributed by atoms with E-state index in [1.165, 1.54) is 0 Å². The van der Waals surface area contributed by atoms with Gasteiger partial charge < -0.3 is 25.0 Å². The molecule has 1 amide bonds. The molecule has 0 aliphatic carbocycles. The van der Waals surface area contributed by atoms with Gasteiger partial charge in [0.2, 0.25) is 5.91 Å². The number of ether oxygens (including phenoxy) is 2. The van der Waals surface area contributed by atoms with Crippen molar-refractivity contribution in [1.29, 1.82) is 0 Å². The van der Waals surface area contributed by atoms with Crippen LogP contribution in [-0.4, -0.2) is 54.4 Å². The van der Waals surface area contributed by atoms with Gasteiger partial charge in [-0.3, -0.25) is 4.79 Å². The Labute approximate surface area is 218 Å². The van der Waals surface area contributed by atoms with Crippen LogP contribution in [0.3, 0.4) is 0 Å². The van der Waals surface area contributed by atoms with Crippen molar-refractivity contribution < 1.29 is 24.5 Å². The van der Waals surface area contributed by atoms with E-state index in [0.717, 1.165) is 38.5 Å². The summed E-state index contributed by atoms with van der Waals surface area (Å²) in [6.45, 7) is 2.71. The number of aliphatic hydroxyl groups is 2. The number of allylic oxidation sites excluding steroid dienone is 12. The zero-order valence-electron chi connectivity index (χ0n) is 22.0. The van der Waals surface area contributed by atoms with Gasteiger partial charge >= 0.3 is 0 Å². The number of carbonyl (C=O) groups is 1. The van der Waals surface area contributed by atoms with Crippen molar-refractivity contribution in [3.63, 3.8) is 0 Å². The normalized spacial score (nSPS) is 21.4. The summed E-state index contributed by atoms with van der Waals surface area (Å²) in [5, 5.41) is 21.7. The highest BCUT2D eigenvalue weighted by atomic mass is 16.7. The summed E-state index contributed by atoms with van der Waals surface area (Å²) in [4.78, 5) is 11.9. The second kappa shape index (κ2) is 23.2. The molecular weight excluding hydrogens is 454 g/mol. The lowest BCUT2D eigenvalue weighted by molar-refractivity contribution is -0.220. The SMILES string of the molecule is CC/C=C\C/C=C\C/C=C\C/C=C\C/C=C\C/C=C\CCC(=O)NCCO[C@H]1C[C@@H](O)C[C@@H](CO)O1. The third kappa shape index (κ3) is 19.0. The molecule has 1 aliphatic heterocycles. The lowest BCUT2D eigenvalue weighted by atomic mass is 10.1. The summed E-state index contributed by atoms with van der Waals surface area (Å²) in [5.74, 6) is -0.0176. The Hall–Kier alpha value is -2.25. The molecule has 0 aromatic heterocycles. The molecule has 36 heavy (non-hydrogen) atoms. The van der Waals surface area contributed by atoms with E-state index in [1.807, 2.05) is 6.08 Å². The minimum atomic E-state index is -0.540. The topological polar surface area (TPSA) is 88.0 Å². The van der Waals surface area contributed by atoms with E-state index in [4.69, 9.17) is 14.6 Å². The third-order valence-electron chi connectivity index (χ3n) is 5.41. The van der Waals surface area contributed by atoms with E-state index in [1.54, 1.807) is 0 Å². The van der Waals surface area contributed by atoms with Crippen LogP contribution in [0, 0.1) is 0 Å². The Morgan fingerprint density at radius 2 is 1.39 bits per heavy atom. The first-order valence-corrected chi connectivity index (χ1v) is 13.4. The van der Waals surface area contributed by atoms with Gasteiger partial charge in [0.25, 0.3) is 0 Å². The number of carbonyl (C=O) groups excluding carboxylic acids is 1. The van der Waals surface area contributed by atoms with Crippen LogP contribution >= 0.6 is 0 Å². The third-order valence-corrected chi connectivity index (χ3v) is 5.41. The molecule has 0 bridgehead atoms. The van der Waals surface area contributed by atoms with Crippen LogP contribution in [0.5, 0.6) is 0 Å². The lowest BCUT2D eigenvalue weighted by Gasteiger charge is -2.32. The fraction of sp³-hybridized carbons (Fsp3) is 0.567. The number of amides is 1. The number of hydrogen-bond donors (Lipinski definition) is 3. The largest absolute Gasteiger partial charge is 0.394 e. The Kier molecular flexibility index (Phi) is 20.5. The lowest BCUT2D eigenvalue weighted by Crippen LogP contribution is -2.40. The van der Waals surface area contributed by atoms with Crippen molar-refractivity contribution in [2.45, 2.75) is 89.6 Å². The van der Waals surface area contributed by atoms with Crippen LogP contribution in [0.4, 0.5) is 0 Å². The van der Waals surface area contributed by atoms with Crippen LogP contribution in [0.1, 0.15) is 71.1 Å². The molecule has 1 aliphatic rings. The molecule has 0 spiro atoms. The van der Waals surface area contributed by atoms with Crippen molar-refractivity contribution in [3.8, 4) is 0 Å². The van der Waals surface area contributed by atoms with E-state index in [9.17, 15) is 9.90 Å². The molecule has 0 unspecified atom stereocenters. The van der Waals surface area contributed by atoms with Gasteiger partial charge in [0.15, 0.2) is 6.29 Å². The minimum absolute atomic E-state index is 0.0176. The Morgan fingerprint density at radius 1 is 0.861 bits per heavy atom. The molecule has 3 atom stereocenters. The zero-order chi connectivity index (χ0) is 26.1. The molecule has 0 aromatic carbocycles. The molecule has 0 radical (unpaired) electrons. The second-order valence-corrected chi connectivity index (χ2v) is 8.67. The van der Waals surface area contributed by atoms with Gasteiger partial charge in [-0.25, -0.2) is 0 Å². The van der Waals surface area contributed by atoms with Crippen LogP contribution in [0.2, 0.25) is 0 Å². The van der Waals surface area contributed by atoms with Crippen LogP contribution in [0.15, 0.2) is 72.9 Å². The van der Waals surface area contributed by atoms with Gasteiger partial charge in [0.05, 0.1) is 25.4 Å².